The molecule has 126 valence electrons. The summed E-state index contributed by atoms with van der Waals surface area (Å²) in [4.78, 5) is 4.48. The maximum atomic E-state index is 12.7. The standard InChI is InChI=1S/C16H21N3O2S.ClH/c1-16(7-10-17-11-8-16)12-19-22(20,21)14-6-2-4-13-5-3-9-18-15(13)14;/h2-6,9,17,19H,7-8,10-12H2,1H3;1H. The number of piperidine rings is 1. The summed E-state index contributed by atoms with van der Waals surface area (Å²) in [7, 11) is -3.56. The highest BCUT2D eigenvalue weighted by molar-refractivity contribution is 7.89. The third-order valence-corrected chi connectivity index (χ3v) is 5.82. The molecule has 2 N–H and O–H groups in total. The molecular weight excluding hydrogens is 334 g/mol. The lowest BCUT2D eigenvalue weighted by Gasteiger charge is -2.34. The fourth-order valence-corrected chi connectivity index (χ4v) is 4.22. The molecule has 23 heavy (non-hydrogen) atoms. The SMILES string of the molecule is CC1(CNS(=O)(=O)c2cccc3cccnc23)CCNCC1.Cl. The van der Waals surface area contributed by atoms with Gasteiger partial charge in [0.1, 0.15) is 4.90 Å². The van der Waals surface area contributed by atoms with Crippen molar-refractivity contribution in [3.8, 4) is 0 Å². The van der Waals surface area contributed by atoms with Crippen LogP contribution in [0.15, 0.2) is 41.4 Å². The fraction of sp³-hybridized carbons (Fsp3) is 0.438. The Balaban J connectivity index is 0.00000192. The second-order valence-electron chi connectivity index (χ2n) is 6.22. The highest BCUT2D eigenvalue weighted by Crippen LogP contribution is 2.28. The summed E-state index contributed by atoms with van der Waals surface area (Å²) in [6, 6.07) is 8.92. The number of fused-ring (bicyclic) bond motifs is 1. The van der Waals surface area contributed by atoms with Crippen molar-refractivity contribution in [3.63, 3.8) is 0 Å². The number of nitrogens with one attached hydrogen (secondary N) is 2. The van der Waals surface area contributed by atoms with E-state index in [4.69, 9.17) is 0 Å². The number of nitrogens with zero attached hydrogens (tertiary/aromatic N) is 1. The number of para-hydroxylation sites is 1. The van der Waals surface area contributed by atoms with Crippen molar-refractivity contribution >= 4 is 33.3 Å². The Kier molecular flexibility index (Phi) is 5.62. The molecule has 0 aliphatic carbocycles. The molecule has 0 atom stereocenters. The molecule has 1 aliphatic heterocycles. The highest BCUT2D eigenvalue weighted by Gasteiger charge is 2.29. The Labute approximate surface area is 143 Å². The predicted molar refractivity (Wildman–Crippen MR) is 94.4 cm³/mol. The van der Waals surface area contributed by atoms with Gasteiger partial charge in [-0.3, -0.25) is 4.98 Å². The summed E-state index contributed by atoms with van der Waals surface area (Å²) in [5.74, 6) is 0. The third kappa shape index (κ3) is 4.01. The van der Waals surface area contributed by atoms with Crippen LogP contribution in [0, 0.1) is 5.41 Å². The van der Waals surface area contributed by atoms with Crippen molar-refractivity contribution in [3.05, 3.63) is 36.5 Å². The summed E-state index contributed by atoms with van der Waals surface area (Å²) in [5, 5.41) is 4.14. The normalized spacial score (nSPS) is 17.6. The molecule has 1 aromatic heterocycles. The van der Waals surface area contributed by atoms with Gasteiger partial charge in [-0.15, -0.1) is 12.4 Å². The monoisotopic (exact) mass is 355 g/mol. The second-order valence-corrected chi connectivity index (χ2v) is 7.95. The average Bonchev–Trinajstić information content (AvgIpc) is 2.53. The fourth-order valence-electron chi connectivity index (χ4n) is 2.85. The predicted octanol–water partition coefficient (Wildman–Crippen LogP) is 2.32. The minimum absolute atomic E-state index is 0. The highest BCUT2D eigenvalue weighted by atomic mass is 35.5. The lowest BCUT2D eigenvalue weighted by atomic mass is 9.81. The Hall–Kier alpha value is -1.21. The van der Waals surface area contributed by atoms with E-state index < -0.39 is 10.0 Å². The van der Waals surface area contributed by atoms with Crippen LogP contribution in [-0.2, 0) is 10.0 Å². The van der Waals surface area contributed by atoms with Gasteiger partial charge in [-0.1, -0.05) is 25.1 Å². The molecule has 0 amide bonds. The minimum atomic E-state index is -3.56. The van der Waals surface area contributed by atoms with Crippen molar-refractivity contribution in [2.24, 2.45) is 5.41 Å². The van der Waals surface area contributed by atoms with Gasteiger partial charge in [0.2, 0.25) is 10.0 Å². The summed E-state index contributed by atoms with van der Waals surface area (Å²) < 4.78 is 28.1. The molecule has 2 heterocycles. The molecule has 5 nitrogen and oxygen atoms in total. The first-order valence-corrected chi connectivity index (χ1v) is 9.03. The van der Waals surface area contributed by atoms with Gasteiger partial charge in [0.05, 0.1) is 5.52 Å². The van der Waals surface area contributed by atoms with Crippen molar-refractivity contribution in [1.82, 2.24) is 15.0 Å². The molecule has 0 unspecified atom stereocenters. The first-order valence-electron chi connectivity index (χ1n) is 7.54. The lowest BCUT2D eigenvalue weighted by Crippen LogP contribution is -2.42. The zero-order valence-electron chi connectivity index (χ0n) is 13.1. The number of rotatable bonds is 4. The van der Waals surface area contributed by atoms with Gasteiger partial charge >= 0.3 is 0 Å². The van der Waals surface area contributed by atoms with Gasteiger partial charge < -0.3 is 5.32 Å². The lowest BCUT2D eigenvalue weighted by molar-refractivity contribution is 0.232. The summed E-state index contributed by atoms with van der Waals surface area (Å²) >= 11 is 0. The van der Waals surface area contributed by atoms with Crippen molar-refractivity contribution < 1.29 is 8.42 Å². The number of pyridine rings is 1. The molecule has 2 aromatic rings. The molecule has 1 aliphatic rings. The Morgan fingerprint density at radius 1 is 1.22 bits per heavy atom. The number of benzene rings is 1. The molecule has 1 aromatic carbocycles. The van der Waals surface area contributed by atoms with E-state index in [-0.39, 0.29) is 22.7 Å². The molecule has 3 rings (SSSR count). The largest absolute Gasteiger partial charge is 0.317 e. The first kappa shape index (κ1) is 18.1. The summed E-state index contributed by atoms with van der Waals surface area (Å²) in [6.45, 7) is 4.47. The maximum Gasteiger partial charge on any atom is 0.242 e. The van der Waals surface area contributed by atoms with Gasteiger partial charge in [-0.25, -0.2) is 13.1 Å². The van der Waals surface area contributed by atoms with E-state index in [1.807, 2.05) is 18.2 Å². The van der Waals surface area contributed by atoms with Crippen LogP contribution in [0.25, 0.3) is 10.9 Å². The number of aromatic nitrogens is 1. The van der Waals surface area contributed by atoms with E-state index in [0.717, 1.165) is 31.3 Å². The number of hydrogen-bond donors (Lipinski definition) is 2. The smallest absolute Gasteiger partial charge is 0.242 e. The zero-order valence-corrected chi connectivity index (χ0v) is 14.7. The molecule has 1 fully saturated rings. The van der Waals surface area contributed by atoms with E-state index in [2.05, 4.69) is 21.9 Å². The molecule has 0 bridgehead atoms. The van der Waals surface area contributed by atoms with E-state index in [9.17, 15) is 8.42 Å². The minimum Gasteiger partial charge on any atom is -0.317 e. The number of hydrogen-bond acceptors (Lipinski definition) is 4. The molecule has 0 radical (unpaired) electrons. The topological polar surface area (TPSA) is 71.1 Å². The van der Waals surface area contributed by atoms with Crippen LogP contribution in [0.2, 0.25) is 0 Å². The van der Waals surface area contributed by atoms with Gasteiger partial charge in [-0.05, 0) is 43.5 Å². The van der Waals surface area contributed by atoms with Crippen molar-refractivity contribution in [2.75, 3.05) is 19.6 Å². The summed E-state index contributed by atoms with van der Waals surface area (Å²) in [5.41, 5.74) is 0.532. The molecular formula is C16H22ClN3O2S. The molecule has 1 saturated heterocycles. The van der Waals surface area contributed by atoms with Crippen LogP contribution in [0.3, 0.4) is 0 Å². The molecule has 7 heteroatoms. The molecule has 0 saturated carbocycles. The zero-order chi connectivity index (χ0) is 15.6. The quantitative estimate of drug-likeness (QED) is 0.883. The van der Waals surface area contributed by atoms with Gasteiger partial charge in [0, 0.05) is 18.1 Å². The van der Waals surface area contributed by atoms with Crippen LogP contribution in [0.4, 0.5) is 0 Å². The van der Waals surface area contributed by atoms with E-state index in [1.165, 1.54) is 0 Å². The maximum absolute atomic E-state index is 12.7. The third-order valence-electron chi connectivity index (χ3n) is 4.38. The van der Waals surface area contributed by atoms with Crippen LogP contribution in [0.1, 0.15) is 19.8 Å². The van der Waals surface area contributed by atoms with Gasteiger partial charge in [0.25, 0.3) is 0 Å². The number of sulfonamides is 1. The van der Waals surface area contributed by atoms with E-state index in [0.29, 0.717) is 12.1 Å². The van der Waals surface area contributed by atoms with E-state index in [1.54, 1.807) is 18.3 Å². The average molecular weight is 356 g/mol. The van der Waals surface area contributed by atoms with Crippen molar-refractivity contribution in [2.45, 2.75) is 24.7 Å². The van der Waals surface area contributed by atoms with Crippen molar-refractivity contribution in [1.29, 1.82) is 0 Å². The van der Waals surface area contributed by atoms with Gasteiger partial charge in [-0.2, -0.15) is 0 Å². The second kappa shape index (κ2) is 7.13. The summed E-state index contributed by atoms with van der Waals surface area (Å²) in [6.07, 6.45) is 3.57. The van der Waals surface area contributed by atoms with Crippen LogP contribution < -0.4 is 10.0 Å². The Morgan fingerprint density at radius 2 is 1.91 bits per heavy atom. The Bertz CT molecular complexity index is 768. The molecule has 0 spiro atoms. The first-order chi connectivity index (χ1) is 10.5. The van der Waals surface area contributed by atoms with Crippen LogP contribution >= 0.6 is 12.4 Å². The number of halogens is 1. The van der Waals surface area contributed by atoms with E-state index >= 15 is 0 Å². The Morgan fingerprint density at radius 3 is 2.65 bits per heavy atom. The van der Waals surface area contributed by atoms with Crippen LogP contribution in [-0.4, -0.2) is 33.0 Å². The van der Waals surface area contributed by atoms with Gasteiger partial charge in [0.15, 0.2) is 0 Å². The van der Waals surface area contributed by atoms with Crippen LogP contribution in [0.5, 0.6) is 0 Å².